The van der Waals surface area contributed by atoms with E-state index in [1.807, 2.05) is 16.8 Å². The molecule has 0 aliphatic heterocycles. The number of amides is 4. The second kappa shape index (κ2) is 47.5. The summed E-state index contributed by atoms with van der Waals surface area (Å²) in [6, 6.07) is -0.994. The summed E-state index contributed by atoms with van der Waals surface area (Å²) in [5, 5.41) is 6.47. The Hall–Kier alpha value is -2.76. The molecular formula is C63H117N5O6. The van der Waals surface area contributed by atoms with Gasteiger partial charge in [-0.05, 0) is 109 Å². The quantitative estimate of drug-likeness (QED) is 0.0460. The first-order valence-corrected chi connectivity index (χ1v) is 31.4. The van der Waals surface area contributed by atoms with Crippen molar-refractivity contribution in [3.05, 3.63) is 24.3 Å². The smallest absolute Gasteiger partial charge is 0.243 e. The van der Waals surface area contributed by atoms with Gasteiger partial charge in [-0.1, -0.05) is 179 Å². The molecule has 2 unspecified atom stereocenters. The van der Waals surface area contributed by atoms with E-state index in [1.165, 1.54) is 128 Å². The molecular weight excluding hydrogens is 923 g/mol. The van der Waals surface area contributed by atoms with Gasteiger partial charge >= 0.3 is 0 Å². The lowest BCUT2D eigenvalue weighted by atomic mass is 9.82. The Morgan fingerprint density at radius 2 is 0.757 bits per heavy atom. The highest BCUT2D eigenvalue weighted by atomic mass is 16.5. The Bertz CT molecular complexity index is 1330. The van der Waals surface area contributed by atoms with Crippen LogP contribution in [0.1, 0.15) is 258 Å². The van der Waals surface area contributed by atoms with Gasteiger partial charge in [0.2, 0.25) is 23.6 Å². The van der Waals surface area contributed by atoms with E-state index in [0.717, 1.165) is 103 Å². The molecule has 0 radical (unpaired) electrons. The molecule has 0 aromatic carbocycles. The summed E-state index contributed by atoms with van der Waals surface area (Å²) < 4.78 is 11.0. The van der Waals surface area contributed by atoms with Gasteiger partial charge in [-0.15, -0.1) is 0 Å². The zero-order chi connectivity index (χ0) is 53.5. The molecule has 4 amide bonds. The van der Waals surface area contributed by atoms with Crippen LogP contribution in [-0.2, 0) is 28.7 Å². The molecule has 430 valence electrons. The van der Waals surface area contributed by atoms with Crippen molar-refractivity contribution in [1.29, 1.82) is 0 Å². The number of rotatable bonds is 48. The van der Waals surface area contributed by atoms with Crippen LogP contribution in [0.25, 0.3) is 0 Å². The lowest BCUT2D eigenvalue weighted by Crippen LogP contribution is -2.55. The number of likely N-dealkylation sites (N-methyl/N-ethyl adjacent to an activating group) is 1. The highest BCUT2D eigenvalue weighted by Gasteiger charge is 2.38. The topological polar surface area (TPSA) is 121 Å². The average molecular weight is 1040 g/mol. The zero-order valence-corrected chi connectivity index (χ0v) is 48.9. The molecule has 0 spiro atoms. The molecule has 2 aliphatic rings. The summed E-state index contributed by atoms with van der Waals surface area (Å²) in [4.78, 5) is 62.2. The minimum atomic E-state index is -0.497. The van der Waals surface area contributed by atoms with Gasteiger partial charge in [0.05, 0.1) is 13.2 Å². The predicted octanol–water partition coefficient (Wildman–Crippen LogP) is 14.1. The number of hydrogen-bond acceptors (Lipinski definition) is 7. The third kappa shape index (κ3) is 32.7. The van der Waals surface area contributed by atoms with E-state index in [2.05, 4.69) is 53.7 Å². The van der Waals surface area contributed by atoms with Crippen LogP contribution in [0, 0.1) is 11.8 Å². The summed E-state index contributed by atoms with van der Waals surface area (Å²) in [5.74, 6) is 0.281. The Labute approximate surface area is 455 Å². The standard InChI is InChI=1S/C63H117N5O6/c1-6-8-10-12-14-16-18-20-22-24-26-28-30-32-40-46-58(69)67(52-54-73-4)60(56-42-36-34-37-43-56)62(71)64-48-50-66(3)51-49-65-63(72)61(57-44-38-35-39-45-57)68(53-55-74-5)59(70)47-41-33-31-29-27-25-23-21-19-17-15-13-11-9-7-2/h20-23,56-57,60-61H,6-19,24-55H2,1-5H3,(H,64,71)(H,65,72)/b22-20-,23-21-. The highest BCUT2D eigenvalue weighted by molar-refractivity contribution is 5.88. The van der Waals surface area contributed by atoms with E-state index in [9.17, 15) is 19.2 Å². The monoisotopic (exact) mass is 1040 g/mol. The molecule has 2 atom stereocenters. The summed E-state index contributed by atoms with van der Waals surface area (Å²) >= 11 is 0. The van der Waals surface area contributed by atoms with Crippen LogP contribution >= 0.6 is 0 Å². The van der Waals surface area contributed by atoms with Gasteiger partial charge in [0, 0.05) is 66.3 Å². The van der Waals surface area contributed by atoms with Crippen LogP contribution in [0.4, 0.5) is 0 Å². The first-order chi connectivity index (χ1) is 36.3. The Morgan fingerprint density at radius 1 is 0.446 bits per heavy atom. The minimum absolute atomic E-state index is 0.0643. The number of methoxy groups -OCH3 is 2. The Morgan fingerprint density at radius 3 is 1.08 bits per heavy atom. The molecule has 11 nitrogen and oxygen atoms in total. The summed E-state index contributed by atoms with van der Waals surface area (Å²) in [5.41, 5.74) is 0. The lowest BCUT2D eigenvalue weighted by Gasteiger charge is -2.38. The number of carbonyl (C=O) groups excluding carboxylic acids is 4. The third-order valence-corrected chi connectivity index (χ3v) is 16.0. The molecule has 11 heteroatoms. The van der Waals surface area contributed by atoms with Crippen LogP contribution in [-0.4, -0.2) is 124 Å². The van der Waals surface area contributed by atoms with E-state index in [-0.39, 0.29) is 35.5 Å². The molecule has 0 aromatic rings. The van der Waals surface area contributed by atoms with Gasteiger partial charge in [0.25, 0.3) is 0 Å². The number of hydrogen-bond donors (Lipinski definition) is 2. The average Bonchev–Trinajstić information content (AvgIpc) is 3.41. The summed E-state index contributed by atoms with van der Waals surface area (Å²) in [7, 11) is 5.34. The van der Waals surface area contributed by atoms with Crippen molar-refractivity contribution < 1.29 is 28.7 Å². The lowest BCUT2D eigenvalue weighted by molar-refractivity contribution is -0.144. The fourth-order valence-corrected chi connectivity index (χ4v) is 11.4. The van der Waals surface area contributed by atoms with Gasteiger partial charge in [-0.2, -0.15) is 0 Å². The molecule has 2 N–H and O–H groups in total. The third-order valence-electron chi connectivity index (χ3n) is 16.0. The largest absolute Gasteiger partial charge is 0.383 e. The molecule has 74 heavy (non-hydrogen) atoms. The minimum Gasteiger partial charge on any atom is -0.383 e. The molecule has 2 rings (SSSR count). The second-order valence-electron chi connectivity index (χ2n) is 22.4. The molecule has 0 heterocycles. The van der Waals surface area contributed by atoms with Crippen LogP contribution in [0.3, 0.4) is 0 Å². The number of unbranched alkanes of at least 4 members (excludes halogenated alkanes) is 22. The SMILES string of the molecule is CCCCCCCC/C=C\CCCCCCCC(=O)N(CCOC)C(C(=O)NCCN(C)CCNC(=O)C(C1CCCCC1)N(CCOC)C(=O)CCCCCCC/C=C\CCCCCCCC)C1CCCCC1. The molecule has 2 aliphatic carbocycles. The van der Waals surface area contributed by atoms with Crippen molar-refractivity contribution in [3.63, 3.8) is 0 Å². The number of ether oxygens (including phenoxy) is 2. The van der Waals surface area contributed by atoms with Gasteiger partial charge in [0.1, 0.15) is 12.1 Å². The van der Waals surface area contributed by atoms with Crippen LogP contribution in [0.15, 0.2) is 24.3 Å². The van der Waals surface area contributed by atoms with Gasteiger partial charge in [-0.25, -0.2) is 0 Å². The van der Waals surface area contributed by atoms with E-state index in [1.54, 1.807) is 14.2 Å². The van der Waals surface area contributed by atoms with E-state index >= 15 is 0 Å². The number of allylic oxidation sites excluding steroid dienone is 4. The molecule has 0 aromatic heterocycles. The van der Waals surface area contributed by atoms with Gasteiger partial charge in [-0.3, -0.25) is 19.2 Å². The number of carbonyl (C=O) groups is 4. The van der Waals surface area contributed by atoms with Crippen molar-refractivity contribution >= 4 is 23.6 Å². The van der Waals surface area contributed by atoms with Crippen molar-refractivity contribution in [3.8, 4) is 0 Å². The van der Waals surface area contributed by atoms with Gasteiger partial charge < -0.3 is 34.8 Å². The maximum Gasteiger partial charge on any atom is 0.243 e. The van der Waals surface area contributed by atoms with Crippen LogP contribution in [0.2, 0.25) is 0 Å². The maximum absolute atomic E-state index is 14.2. The molecule has 0 saturated heterocycles. The van der Waals surface area contributed by atoms with Gasteiger partial charge in [0.15, 0.2) is 0 Å². The van der Waals surface area contributed by atoms with Crippen LogP contribution < -0.4 is 10.6 Å². The van der Waals surface area contributed by atoms with E-state index < -0.39 is 12.1 Å². The Balaban J connectivity index is 1.86. The highest BCUT2D eigenvalue weighted by Crippen LogP contribution is 2.31. The van der Waals surface area contributed by atoms with Crippen molar-refractivity contribution in [1.82, 2.24) is 25.3 Å². The first kappa shape index (κ1) is 67.3. The molecule has 0 bridgehead atoms. The summed E-state index contributed by atoms with van der Waals surface area (Å²) in [6.07, 6.45) is 52.5. The Kier molecular flexibility index (Phi) is 43.2. The fourth-order valence-electron chi connectivity index (χ4n) is 11.4. The van der Waals surface area contributed by atoms with Crippen molar-refractivity contribution in [2.45, 2.75) is 270 Å². The van der Waals surface area contributed by atoms with Crippen molar-refractivity contribution in [2.75, 3.05) is 73.7 Å². The normalized spacial score (nSPS) is 15.5. The maximum atomic E-state index is 14.2. The molecule has 2 saturated carbocycles. The fraction of sp³-hybridized carbons (Fsp3) is 0.873. The second-order valence-corrected chi connectivity index (χ2v) is 22.4. The summed E-state index contributed by atoms with van der Waals surface area (Å²) in [6.45, 7) is 8.31. The first-order valence-electron chi connectivity index (χ1n) is 31.4. The van der Waals surface area contributed by atoms with E-state index in [4.69, 9.17) is 9.47 Å². The van der Waals surface area contributed by atoms with E-state index in [0.29, 0.717) is 65.3 Å². The van der Waals surface area contributed by atoms with Crippen LogP contribution in [0.5, 0.6) is 0 Å². The number of nitrogens with one attached hydrogen (secondary N) is 2. The van der Waals surface area contributed by atoms with Crippen molar-refractivity contribution in [2.24, 2.45) is 11.8 Å². The molecule has 2 fully saturated rings. The zero-order valence-electron chi connectivity index (χ0n) is 48.9. The predicted molar refractivity (Wildman–Crippen MR) is 310 cm³/mol. The number of nitrogens with zero attached hydrogens (tertiary/aromatic N) is 3.